The van der Waals surface area contributed by atoms with Gasteiger partial charge < -0.3 is 37.3 Å². The third-order valence-electron chi connectivity index (χ3n) is 8.67. The van der Waals surface area contributed by atoms with E-state index in [9.17, 15) is 62.1 Å². The van der Waals surface area contributed by atoms with E-state index in [2.05, 4.69) is 20.5 Å². The van der Waals surface area contributed by atoms with Crippen molar-refractivity contribution in [3.63, 3.8) is 0 Å². The minimum absolute atomic E-state index is 0. The Morgan fingerprint density at radius 2 is 0.841 bits per heavy atom. The first-order valence-electron chi connectivity index (χ1n) is 16.1. The van der Waals surface area contributed by atoms with Gasteiger partial charge in [-0.25, -0.2) is 0 Å². The molecule has 0 fully saturated rings. The first-order chi connectivity index (χ1) is 27.8. The molecule has 63 heavy (non-hydrogen) atoms. The Labute approximate surface area is 422 Å². The van der Waals surface area contributed by atoms with Crippen LogP contribution in [0.2, 0.25) is 0 Å². The third-order valence-corrected chi connectivity index (χ3v) is 12.1. The summed E-state index contributed by atoms with van der Waals surface area (Å²) in [7, 11) is -17.3. The maximum atomic E-state index is 12.3. The first-order valence-corrected chi connectivity index (χ1v) is 21.9. The standard InChI is InChI=1S/C34H28N6O16S4.K.H3N.Na/c1-55-25-9-15(3-5-23(25)37-39-31-27(59(49,50)51)11-17-7-19(57(43,44)45)13-21(35)29(17)33(31)41)16-4-6-24(26(10-16)56-2)38-40-32-28(60(52,53)54)12-18-8-20(58(46,47)48)14-22(36)30(18)34(32)42;;;/h3-14,41-42H,35-36H2,1-2H3,(H,43,44,45)(H,46,47,48)(H,49,50,51)(H,52,53,54);;1H3;/q;+1;;+1/p+1. The van der Waals surface area contributed by atoms with Crippen molar-refractivity contribution in [2.75, 3.05) is 25.7 Å². The van der Waals surface area contributed by atoms with Crippen molar-refractivity contribution in [3.8, 4) is 34.1 Å². The second-order valence-electron chi connectivity index (χ2n) is 12.4. The summed E-state index contributed by atoms with van der Waals surface area (Å²) >= 11 is 0. The summed E-state index contributed by atoms with van der Waals surface area (Å²) in [6.07, 6.45) is 0. The van der Waals surface area contributed by atoms with E-state index in [1.807, 2.05) is 0 Å². The Morgan fingerprint density at radius 3 is 1.13 bits per heavy atom. The number of rotatable bonds is 11. The van der Waals surface area contributed by atoms with Gasteiger partial charge in [-0.1, -0.05) is 12.1 Å². The molecule has 23 nitrogen and oxygen atoms in total. The van der Waals surface area contributed by atoms with E-state index >= 15 is 0 Å². The Balaban J connectivity index is 0.00000352. The first kappa shape index (κ1) is 53.4. The van der Waals surface area contributed by atoms with Crippen LogP contribution in [-0.2, 0) is 40.5 Å². The van der Waals surface area contributed by atoms with Crippen molar-refractivity contribution in [2.24, 2.45) is 20.5 Å². The molecule has 6 rings (SSSR count). The summed E-state index contributed by atoms with van der Waals surface area (Å²) in [6, 6.07) is 13.6. The molecule has 322 valence electrons. The molecule has 0 aliphatic carbocycles. The molecule has 0 aliphatic heterocycles. The summed E-state index contributed by atoms with van der Waals surface area (Å²) in [5.41, 5.74) is 10.4. The fourth-order valence-corrected chi connectivity index (χ4v) is 8.37. The van der Waals surface area contributed by atoms with Crippen molar-refractivity contribution >= 4 is 96.1 Å². The average Bonchev–Trinajstić information content (AvgIpc) is 3.14. The van der Waals surface area contributed by atoms with E-state index in [4.69, 9.17) is 20.9 Å². The summed E-state index contributed by atoms with van der Waals surface area (Å²) in [5, 5.41) is 36.6. The second kappa shape index (κ2) is 19.7. The topological polar surface area (TPSA) is 414 Å². The van der Waals surface area contributed by atoms with Gasteiger partial charge in [-0.05, 0) is 82.6 Å². The van der Waals surface area contributed by atoms with Gasteiger partial charge in [-0.2, -0.15) is 33.7 Å². The molecule has 6 aromatic rings. The zero-order valence-corrected chi connectivity index (χ0v) is 41.7. The van der Waals surface area contributed by atoms with Crippen LogP contribution in [0.25, 0.3) is 32.7 Å². The molecule has 0 radical (unpaired) electrons. The number of nitrogens with zero attached hydrogens (tertiary/aromatic N) is 4. The van der Waals surface area contributed by atoms with Crippen LogP contribution in [-0.4, -0.2) is 76.3 Å². The van der Waals surface area contributed by atoms with E-state index in [1.54, 1.807) is 0 Å². The van der Waals surface area contributed by atoms with E-state index in [1.165, 1.54) is 50.6 Å². The second-order valence-corrected chi connectivity index (χ2v) is 18.1. The zero-order valence-electron chi connectivity index (χ0n) is 33.3. The SMILES string of the molecule is COc1cc(-c2ccc(N=Nc3c(S(=O)(=O)O)cc4cc(S(=O)(=O)O)cc(N)c4c3O)c(OC)c2)ccc1N=Nc1c(S(=O)(=O)O)cc2cc(S(=O)(=O)O)cc(N)c2c1O.[K+].[NH4+].[Na+]. The molecule has 0 saturated heterocycles. The minimum atomic E-state index is -5.13. The summed E-state index contributed by atoms with van der Waals surface area (Å²) in [6.45, 7) is 0. The molecule has 14 N–H and O–H groups in total. The molecule has 6 aromatic carbocycles. The van der Waals surface area contributed by atoms with Crippen LogP contribution in [0.3, 0.4) is 0 Å². The molecular formula is C34H32KN7NaO16S4+3. The van der Waals surface area contributed by atoms with E-state index in [-0.39, 0.29) is 143 Å². The smallest absolute Gasteiger partial charge is 0.505 e. The van der Waals surface area contributed by atoms with Gasteiger partial charge in [-0.3, -0.25) is 18.2 Å². The van der Waals surface area contributed by atoms with Crippen LogP contribution in [0.1, 0.15) is 0 Å². The predicted octanol–water partition coefficient (Wildman–Crippen LogP) is 0.455. The maximum Gasteiger partial charge on any atom is 1.00 e. The van der Waals surface area contributed by atoms with Crippen LogP contribution >= 0.6 is 0 Å². The third kappa shape index (κ3) is 11.1. The fourth-order valence-electron chi connectivity index (χ4n) is 5.95. The van der Waals surface area contributed by atoms with Crippen molar-refractivity contribution in [2.45, 2.75) is 19.6 Å². The summed E-state index contributed by atoms with van der Waals surface area (Å²) < 4.78 is 146. The molecule has 29 heteroatoms. The Hall–Kier alpha value is -3.92. The van der Waals surface area contributed by atoms with E-state index < -0.39 is 82.9 Å². The average molecular weight is 985 g/mol. The number of nitrogens with two attached hydrogens (primary N) is 2. The van der Waals surface area contributed by atoms with Crippen LogP contribution in [0.15, 0.2) is 113 Å². The molecule has 0 unspecified atom stereocenters. The number of benzene rings is 6. The fraction of sp³-hybridized carbons (Fsp3) is 0.0588. The number of fused-ring (bicyclic) bond motifs is 2. The molecule has 0 atom stereocenters. The number of hydrogen-bond acceptors (Lipinski definition) is 18. The molecule has 0 heterocycles. The molecule has 0 saturated carbocycles. The zero-order chi connectivity index (χ0) is 44.3. The largest absolute Gasteiger partial charge is 1.00 e. The van der Waals surface area contributed by atoms with Gasteiger partial charge in [0.1, 0.15) is 44.0 Å². The van der Waals surface area contributed by atoms with Crippen molar-refractivity contribution in [1.82, 2.24) is 6.15 Å². The number of ether oxygens (including phenoxy) is 2. The number of nitrogen functional groups attached to an aromatic ring is 2. The number of anilines is 2. The number of methoxy groups -OCH3 is 2. The maximum absolute atomic E-state index is 12.3. The number of phenolic OH excluding ortho intramolecular Hbond substituents is 2. The number of phenols is 2. The molecule has 0 aromatic heterocycles. The number of quaternary nitrogens is 1. The van der Waals surface area contributed by atoms with Crippen LogP contribution in [0.5, 0.6) is 23.0 Å². The van der Waals surface area contributed by atoms with Gasteiger partial charge >= 0.3 is 80.9 Å². The van der Waals surface area contributed by atoms with Gasteiger partial charge in [0, 0.05) is 22.1 Å². The molecule has 0 spiro atoms. The normalized spacial score (nSPS) is 12.2. The van der Waals surface area contributed by atoms with Gasteiger partial charge in [0.05, 0.1) is 24.0 Å². The van der Waals surface area contributed by atoms with Gasteiger partial charge in [-0.15, -0.1) is 20.5 Å². The summed E-state index contributed by atoms with van der Waals surface area (Å²) in [5.74, 6) is -1.69. The minimum Gasteiger partial charge on any atom is -0.505 e. The monoisotopic (exact) mass is 984 g/mol. The van der Waals surface area contributed by atoms with Gasteiger partial charge in [0.2, 0.25) is 0 Å². The van der Waals surface area contributed by atoms with Gasteiger partial charge in [0.25, 0.3) is 40.5 Å². The quantitative estimate of drug-likeness (QED) is 0.0368. The van der Waals surface area contributed by atoms with Crippen LogP contribution < -0.4 is 108 Å². The molecule has 0 bridgehead atoms. The van der Waals surface area contributed by atoms with Crippen molar-refractivity contribution in [1.29, 1.82) is 0 Å². The van der Waals surface area contributed by atoms with Crippen molar-refractivity contribution < 1.29 is 153 Å². The number of hydrogen-bond donors (Lipinski definition) is 9. The van der Waals surface area contributed by atoms with Crippen LogP contribution in [0, 0.1) is 0 Å². The summed E-state index contributed by atoms with van der Waals surface area (Å²) in [4.78, 5) is -3.39. The Kier molecular flexibility index (Phi) is 16.7. The number of aromatic hydroxyl groups is 2. The van der Waals surface area contributed by atoms with Crippen molar-refractivity contribution in [3.05, 3.63) is 72.8 Å². The van der Waals surface area contributed by atoms with Gasteiger partial charge in [0.15, 0.2) is 11.5 Å². The van der Waals surface area contributed by atoms with E-state index in [0.29, 0.717) is 11.1 Å². The van der Waals surface area contributed by atoms with Crippen LogP contribution in [0.4, 0.5) is 34.1 Å². The number of azo groups is 2. The molecule has 0 aliphatic rings. The molecule has 0 amide bonds. The Morgan fingerprint density at radius 1 is 0.508 bits per heavy atom. The predicted molar refractivity (Wildman–Crippen MR) is 219 cm³/mol. The van der Waals surface area contributed by atoms with E-state index in [0.717, 1.165) is 36.4 Å². The molecular weight excluding hydrogens is 953 g/mol. The Bertz CT molecular complexity index is 3140.